The van der Waals surface area contributed by atoms with Crippen molar-refractivity contribution in [2.45, 2.75) is 31.8 Å². The third-order valence-corrected chi connectivity index (χ3v) is 3.26. The number of aryl methyl sites for hydroxylation is 1. The van der Waals surface area contributed by atoms with Crippen LogP contribution in [0.25, 0.3) is 11.0 Å². The number of hydrogen-bond donors (Lipinski definition) is 2. The number of carbonyl (C=O) groups is 2. The zero-order chi connectivity index (χ0) is 14.1. The molecule has 7 nitrogen and oxygen atoms in total. The summed E-state index contributed by atoms with van der Waals surface area (Å²) < 4.78 is 1.48. The molecule has 1 saturated carbocycles. The topological polar surface area (TPSA) is 97.1 Å². The molecule has 1 aromatic heterocycles. The van der Waals surface area contributed by atoms with Crippen molar-refractivity contribution >= 4 is 22.9 Å². The highest BCUT2D eigenvalue weighted by molar-refractivity contribution is 6.00. The van der Waals surface area contributed by atoms with E-state index in [1.807, 2.05) is 0 Å². The van der Waals surface area contributed by atoms with Crippen LogP contribution in [-0.2, 0) is 11.3 Å². The number of amides is 1. The first-order valence-electron chi connectivity index (χ1n) is 6.50. The van der Waals surface area contributed by atoms with E-state index in [1.165, 1.54) is 10.7 Å². The lowest BCUT2D eigenvalue weighted by Crippen LogP contribution is -2.26. The van der Waals surface area contributed by atoms with Gasteiger partial charge in [0, 0.05) is 12.5 Å². The number of benzene rings is 1. The van der Waals surface area contributed by atoms with Crippen molar-refractivity contribution in [2.24, 2.45) is 0 Å². The van der Waals surface area contributed by atoms with Crippen molar-refractivity contribution in [1.82, 2.24) is 20.3 Å². The molecule has 0 aliphatic heterocycles. The first-order valence-corrected chi connectivity index (χ1v) is 6.50. The third-order valence-electron chi connectivity index (χ3n) is 3.26. The molecule has 104 valence electrons. The maximum atomic E-state index is 11.7. The number of nitrogens with one attached hydrogen (secondary N) is 1. The van der Waals surface area contributed by atoms with Crippen LogP contribution in [0.2, 0.25) is 0 Å². The van der Waals surface area contributed by atoms with Gasteiger partial charge in [0.1, 0.15) is 11.0 Å². The van der Waals surface area contributed by atoms with Crippen LogP contribution in [0.4, 0.5) is 0 Å². The van der Waals surface area contributed by atoms with E-state index in [2.05, 4.69) is 15.6 Å². The summed E-state index contributed by atoms with van der Waals surface area (Å²) in [4.78, 5) is 22.9. The van der Waals surface area contributed by atoms with E-state index in [1.54, 1.807) is 12.1 Å². The Kier molecular flexibility index (Phi) is 3.09. The summed E-state index contributed by atoms with van der Waals surface area (Å²) >= 11 is 0. The van der Waals surface area contributed by atoms with E-state index >= 15 is 0 Å². The van der Waals surface area contributed by atoms with Crippen molar-refractivity contribution < 1.29 is 14.7 Å². The molecule has 0 spiro atoms. The van der Waals surface area contributed by atoms with Gasteiger partial charge in [0.25, 0.3) is 0 Å². The number of carbonyl (C=O) groups excluding carboxylic acids is 1. The number of nitrogens with zero attached hydrogens (tertiary/aromatic N) is 3. The number of fused-ring (bicyclic) bond motifs is 1. The SMILES string of the molecule is O=C(CCn1nnc2cccc(C(=O)O)c21)NC1CC1. The van der Waals surface area contributed by atoms with Crippen LogP contribution in [0, 0.1) is 0 Å². The van der Waals surface area contributed by atoms with Crippen molar-refractivity contribution in [2.75, 3.05) is 0 Å². The van der Waals surface area contributed by atoms with E-state index in [-0.39, 0.29) is 17.9 Å². The van der Waals surface area contributed by atoms with E-state index in [4.69, 9.17) is 0 Å². The van der Waals surface area contributed by atoms with Crippen molar-refractivity contribution in [3.63, 3.8) is 0 Å². The van der Waals surface area contributed by atoms with Crippen molar-refractivity contribution in [3.8, 4) is 0 Å². The standard InChI is InChI=1S/C13H14N4O3/c18-11(14-8-4-5-8)6-7-17-12-9(13(19)20)2-1-3-10(12)15-16-17/h1-3,8H,4-7H2,(H,14,18)(H,19,20). The van der Waals surface area contributed by atoms with Gasteiger partial charge in [-0.15, -0.1) is 5.10 Å². The zero-order valence-corrected chi connectivity index (χ0v) is 10.7. The Labute approximate surface area is 114 Å². The highest BCUT2D eigenvalue weighted by atomic mass is 16.4. The number of rotatable bonds is 5. The molecule has 0 unspecified atom stereocenters. The maximum Gasteiger partial charge on any atom is 0.337 e. The fourth-order valence-electron chi connectivity index (χ4n) is 2.09. The van der Waals surface area contributed by atoms with E-state index in [0.29, 0.717) is 23.6 Å². The molecule has 0 atom stereocenters. The third kappa shape index (κ3) is 2.47. The fourth-order valence-corrected chi connectivity index (χ4v) is 2.09. The maximum absolute atomic E-state index is 11.7. The van der Waals surface area contributed by atoms with Crippen LogP contribution < -0.4 is 5.32 Å². The molecule has 1 aliphatic rings. The lowest BCUT2D eigenvalue weighted by atomic mass is 10.2. The number of aromatic nitrogens is 3. The second-order valence-corrected chi connectivity index (χ2v) is 4.88. The fraction of sp³-hybridized carbons (Fsp3) is 0.385. The Morgan fingerprint density at radius 3 is 2.90 bits per heavy atom. The van der Waals surface area contributed by atoms with Gasteiger partial charge in [-0.2, -0.15) is 0 Å². The summed E-state index contributed by atoms with van der Waals surface area (Å²) in [5, 5.41) is 19.9. The predicted octanol–water partition coefficient (Wildman–Crippen LogP) is 0.798. The molecule has 3 rings (SSSR count). The molecule has 0 saturated heterocycles. The second kappa shape index (κ2) is 4.92. The van der Waals surface area contributed by atoms with Crippen LogP contribution in [0.3, 0.4) is 0 Å². The lowest BCUT2D eigenvalue weighted by Gasteiger charge is -2.05. The second-order valence-electron chi connectivity index (χ2n) is 4.88. The van der Waals surface area contributed by atoms with E-state index in [9.17, 15) is 14.7 Å². The molecule has 2 N–H and O–H groups in total. The molecule has 0 bridgehead atoms. The highest BCUT2D eigenvalue weighted by Gasteiger charge is 2.23. The normalized spacial score (nSPS) is 14.4. The number of carboxylic acids is 1. The Balaban J connectivity index is 1.80. The number of hydrogen-bond acceptors (Lipinski definition) is 4. The number of aromatic carboxylic acids is 1. The van der Waals surface area contributed by atoms with Gasteiger partial charge >= 0.3 is 5.97 Å². The van der Waals surface area contributed by atoms with Gasteiger partial charge in [-0.25, -0.2) is 9.48 Å². The minimum Gasteiger partial charge on any atom is -0.478 e. The lowest BCUT2D eigenvalue weighted by molar-refractivity contribution is -0.121. The number of carboxylic acid groups (broad SMARTS) is 1. The summed E-state index contributed by atoms with van der Waals surface area (Å²) in [6.07, 6.45) is 2.35. The van der Waals surface area contributed by atoms with Gasteiger partial charge in [0.05, 0.1) is 12.1 Å². The Morgan fingerprint density at radius 2 is 2.20 bits per heavy atom. The minimum atomic E-state index is -1.03. The predicted molar refractivity (Wildman–Crippen MR) is 70.3 cm³/mol. The highest BCUT2D eigenvalue weighted by Crippen LogP contribution is 2.19. The summed E-state index contributed by atoms with van der Waals surface area (Å²) in [6.45, 7) is 0.319. The van der Waals surface area contributed by atoms with Gasteiger partial charge in [-0.1, -0.05) is 11.3 Å². The van der Waals surface area contributed by atoms with Gasteiger partial charge in [0.15, 0.2) is 0 Å². The molecule has 0 radical (unpaired) electrons. The van der Waals surface area contributed by atoms with Gasteiger partial charge < -0.3 is 10.4 Å². The molecule has 7 heteroatoms. The molecule has 2 aromatic rings. The first-order chi connectivity index (χ1) is 9.65. The summed E-state index contributed by atoms with van der Waals surface area (Å²) in [5.74, 6) is -1.06. The minimum absolute atomic E-state index is 0.0380. The van der Waals surface area contributed by atoms with Gasteiger partial charge in [-0.05, 0) is 25.0 Å². The molecule has 1 heterocycles. The van der Waals surface area contributed by atoms with Crippen LogP contribution in [0.1, 0.15) is 29.6 Å². The summed E-state index contributed by atoms with van der Waals surface area (Å²) in [6, 6.07) is 5.17. The van der Waals surface area contributed by atoms with Crippen LogP contribution in [0.15, 0.2) is 18.2 Å². The largest absolute Gasteiger partial charge is 0.478 e. The molecular formula is C13H14N4O3. The average Bonchev–Trinajstić information content (AvgIpc) is 3.14. The van der Waals surface area contributed by atoms with Crippen LogP contribution in [0.5, 0.6) is 0 Å². The molecule has 1 aromatic carbocycles. The first kappa shape index (κ1) is 12.6. The van der Waals surface area contributed by atoms with E-state index in [0.717, 1.165) is 12.8 Å². The Hall–Kier alpha value is -2.44. The quantitative estimate of drug-likeness (QED) is 0.840. The zero-order valence-electron chi connectivity index (χ0n) is 10.7. The average molecular weight is 274 g/mol. The Morgan fingerprint density at radius 1 is 1.40 bits per heavy atom. The van der Waals surface area contributed by atoms with Gasteiger partial charge in [0.2, 0.25) is 5.91 Å². The smallest absolute Gasteiger partial charge is 0.337 e. The summed E-state index contributed by atoms with van der Waals surface area (Å²) in [7, 11) is 0. The Bertz CT molecular complexity index is 675. The number of para-hydroxylation sites is 1. The van der Waals surface area contributed by atoms with Gasteiger partial charge in [-0.3, -0.25) is 4.79 Å². The molecule has 20 heavy (non-hydrogen) atoms. The van der Waals surface area contributed by atoms with Crippen molar-refractivity contribution in [1.29, 1.82) is 0 Å². The van der Waals surface area contributed by atoms with Crippen LogP contribution >= 0.6 is 0 Å². The van der Waals surface area contributed by atoms with Crippen molar-refractivity contribution in [3.05, 3.63) is 23.8 Å². The van der Waals surface area contributed by atoms with E-state index < -0.39 is 5.97 Å². The molecular weight excluding hydrogens is 260 g/mol. The molecule has 1 fully saturated rings. The van der Waals surface area contributed by atoms with Crippen LogP contribution in [-0.4, -0.2) is 38.0 Å². The molecule has 1 aliphatic carbocycles. The monoisotopic (exact) mass is 274 g/mol. The molecule has 1 amide bonds. The summed E-state index contributed by atoms with van der Waals surface area (Å²) in [5.41, 5.74) is 1.13.